The van der Waals surface area contributed by atoms with Crippen molar-refractivity contribution in [3.63, 3.8) is 0 Å². The highest BCUT2D eigenvalue weighted by molar-refractivity contribution is 14.0. The number of piperidine rings is 1. The molecule has 1 aromatic heterocycles. The second-order valence-electron chi connectivity index (χ2n) is 7.62. The molecule has 1 fully saturated rings. The second-order valence-corrected chi connectivity index (χ2v) is 7.62. The Hall–Kier alpha value is -1.58. The van der Waals surface area contributed by atoms with E-state index in [4.69, 9.17) is 5.73 Å². The van der Waals surface area contributed by atoms with Crippen molar-refractivity contribution in [2.75, 3.05) is 25.0 Å². The van der Waals surface area contributed by atoms with E-state index in [2.05, 4.69) is 45.4 Å². The maximum absolute atomic E-state index is 11.4. The van der Waals surface area contributed by atoms with Gasteiger partial charge in [-0.3, -0.25) is 9.79 Å². The number of primary amides is 1. The average Bonchev–Trinajstić information content (AvgIpc) is 2.71. The number of hydrogen-bond acceptors (Lipinski definition) is 4. The quantitative estimate of drug-likeness (QED) is 0.203. The zero-order valence-electron chi connectivity index (χ0n) is 18.0. The lowest BCUT2D eigenvalue weighted by Gasteiger charge is -2.32. The summed E-state index contributed by atoms with van der Waals surface area (Å²) < 4.78 is 0. The Balaban J connectivity index is 0.00000420. The molecule has 0 saturated carbocycles. The normalized spacial score (nSPS) is 16.1. The summed E-state index contributed by atoms with van der Waals surface area (Å²) in [5.41, 5.74) is 6.58. The van der Waals surface area contributed by atoms with E-state index in [-0.39, 0.29) is 35.8 Å². The highest BCUT2D eigenvalue weighted by atomic mass is 127. The van der Waals surface area contributed by atoms with E-state index in [0.29, 0.717) is 12.6 Å². The predicted octanol–water partition coefficient (Wildman–Crippen LogP) is 3.04. The molecule has 0 bridgehead atoms. The largest absolute Gasteiger partial charge is 0.369 e. The summed E-state index contributed by atoms with van der Waals surface area (Å²) >= 11 is 0. The maximum Gasteiger partial charge on any atom is 0.220 e. The van der Waals surface area contributed by atoms with Crippen molar-refractivity contribution in [2.45, 2.75) is 65.0 Å². The van der Waals surface area contributed by atoms with Crippen molar-refractivity contribution in [2.24, 2.45) is 16.6 Å². The summed E-state index contributed by atoms with van der Waals surface area (Å²) in [5.74, 6) is 1.58. The monoisotopic (exact) mass is 516 g/mol. The predicted molar refractivity (Wildman–Crippen MR) is 131 cm³/mol. The molecule has 2 rings (SSSR count). The Morgan fingerprint density at radius 2 is 2.10 bits per heavy atom. The molecule has 0 aromatic carbocycles. The van der Waals surface area contributed by atoms with Crippen molar-refractivity contribution in [3.8, 4) is 0 Å². The van der Waals surface area contributed by atoms with Crippen LogP contribution in [-0.2, 0) is 11.3 Å². The van der Waals surface area contributed by atoms with Crippen LogP contribution in [0.5, 0.6) is 0 Å². The van der Waals surface area contributed by atoms with Crippen LogP contribution < -0.4 is 21.3 Å². The number of rotatable bonds is 9. The zero-order valence-corrected chi connectivity index (χ0v) is 20.3. The molecule has 8 heteroatoms. The van der Waals surface area contributed by atoms with Gasteiger partial charge in [0.25, 0.3) is 0 Å². The van der Waals surface area contributed by atoms with E-state index in [0.717, 1.165) is 49.7 Å². The van der Waals surface area contributed by atoms with Crippen LogP contribution in [0.1, 0.15) is 57.9 Å². The highest BCUT2D eigenvalue weighted by Crippen LogP contribution is 2.24. The van der Waals surface area contributed by atoms with Gasteiger partial charge in [0.2, 0.25) is 5.91 Å². The Kier molecular flexibility index (Phi) is 11.9. The molecule has 4 N–H and O–H groups in total. The first-order valence-electron chi connectivity index (χ1n) is 10.5. The van der Waals surface area contributed by atoms with Crippen molar-refractivity contribution in [3.05, 3.63) is 23.9 Å². The van der Waals surface area contributed by atoms with Gasteiger partial charge in [-0.1, -0.05) is 32.3 Å². The Morgan fingerprint density at radius 3 is 2.72 bits per heavy atom. The molecule has 0 radical (unpaired) electrons. The molecule has 1 amide bonds. The molecule has 1 atom stereocenters. The number of guanidine groups is 1. The van der Waals surface area contributed by atoms with Gasteiger partial charge in [-0.15, -0.1) is 24.0 Å². The van der Waals surface area contributed by atoms with Crippen LogP contribution in [0.2, 0.25) is 0 Å². The third-order valence-electron chi connectivity index (χ3n) is 5.36. The molecule has 164 valence electrons. The SMILES string of the molecule is CCCCCC(C)NC(=NC)NCc1cccnc1N1CCC(C(N)=O)CC1.I. The minimum Gasteiger partial charge on any atom is -0.369 e. The van der Waals surface area contributed by atoms with Gasteiger partial charge in [0.1, 0.15) is 5.82 Å². The molecule has 1 unspecified atom stereocenters. The number of carbonyl (C=O) groups excluding carboxylic acids is 1. The minimum absolute atomic E-state index is 0. The number of anilines is 1. The first kappa shape index (κ1) is 25.5. The van der Waals surface area contributed by atoms with Crippen molar-refractivity contribution >= 4 is 41.7 Å². The van der Waals surface area contributed by atoms with Crippen LogP contribution in [-0.4, -0.2) is 43.0 Å². The van der Waals surface area contributed by atoms with Crippen LogP contribution in [0.25, 0.3) is 0 Å². The third-order valence-corrected chi connectivity index (χ3v) is 5.36. The van der Waals surface area contributed by atoms with E-state index in [1.807, 2.05) is 12.3 Å². The fraction of sp³-hybridized carbons (Fsp3) is 0.667. The number of pyridine rings is 1. The summed E-state index contributed by atoms with van der Waals surface area (Å²) in [7, 11) is 1.80. The molecule has 1 aliphatic heterocycles. The Morgan fingerprint density at radius 1 is 1.38 bits per heavy atom. The smallest absolute Gasteiger partial charge is 0.220 e. The molecule has 29 heavy (non-hydrogen) atoms. The van der Waals surface area contributed by atoms with E-state index < -0.39 is 0 Å². The van der Waals surface area contributed by atoms with E-state index in [1.165, 1.54) is 19.3 Å². The van der Waals surface area contributed by atoms with Gasteiger partial charge in [-0.25, -0.2) is 4.98 Å². The lowest BCUT2D eigenvalue weighted by Crippen LogP contribution is -2.42. The summed E-state index contributed by atoms with van der Waals surface area (Å²) in [6, 6.07) is 4.44. The average molecular weight is 516 g/mol. The molecule has 1 saturated heterocycles. The number of nitrogens with two attached hydrogens (primary N) is 1. The molecule has 2 heterocycles. The molecular weight excluding hydrogens is 479 g/mol. The molecular formula is C21H37IN6O. The number of aromatic nitrogens is 1. The fourth-order valence-corrected chi connectivity index (χ4v) is 3.61. The number of unbranched alkanes of at least 4 members (excludes halogenated alkanes) is 2. The second kappa shape index (κ2) is 13.6. The summed E-state index contributed by atoms with van der Waals surface area (Å²) in [6.07, 6.45) is 8.28. The van der Waals surface area contributed by atoms with E-state index in [9.17, 15) is 4.79 Å². The molecule has 1 aromatic rings. The molecule has 0 aliphatic carbocycles. The van der Waals surface area contributed by atoms with Crippen molar-refractivity contribution in [1.29, 1.82) is 0 Å². The first-order valence-corrected chi connectivity index (χ1v) is 10.5. The van der Waals surface area contributed by atoms with Gasteiger partial charge in [0.05, 0.1) is 0 Å². The molecule has 7 nitrogen and oxygen atoms in total. The number of nitrogens with zero attached hydrogens (tertiary/aromatic N) is 3. The highest BCUT2D eigenvalue weighted by Gasteiger charge is 2.25. The van der Waals surface area contributed by atoms with Gasteiger partial charge in [0.15, 0.2) is 5.96 Å². The Bertz CT molecular complexity index is 646. The van der Waals surface area contributed by atoms with Crippen LogP contribution in [0.15, 0.2) is 23.3 Å². The first-order chi connectivity index (χ1) is 13.5. The number of hydrogen-bond donors (Lipinski definition) is 3. The van der Waals surface area contributed by atoms with Gasteiger partial charge < -0.3 is 21.3 Å². The van der Waals surface area contributed by atoms with Crippen LogP contribution >= 0.6 is 24.0 Å². The van der Waals surface area contributed by atoms with Gasteiger partial charge in [-0.2, -0.15) is 0 Å². The van der Waals surface area contributed by atoms with Crippen LogP contribution in [0, 0.1) is 5.92 Å². The summed E-state index contributed by atoms with van der Waals surface area (Å²) in [4.78, 5) is 22.6. The van der Waals surface area contributed by atoms with Crippen LogP contribution in [0.4, 0.5) is 5.82 Å². The number of nitrogens with one attached hydrogen (secondary N) is 2. The standard InChI is InChI=1S/C21H36N6O.HI/c1-4-5-6-8-16(2)26-21(23-3)25-15-18-9-7-12-24-20(18)27-13-10-17(11-14-27)19(22)28;/h7,9,12,16-17H,4-6,8,10-11,13-15H2,1-3H3,(H2,22,28)(H2,23,25,26);1H. The zero-order chi connectivity index (χ0) is 20.4. The van der Waals surface area contributed by atoms with Gasteiger partial charge in [-0.05, 0) is 32.3 Å². The van der Waals surface area contributed by atoms with E-state index in [1.54, 1.807) is 7.05 Å². The number of amides is 1. The number of carbonyl (C=O) groups is 1. The molecule has 1 aliphatic rings. The van der Waals surface area contributed by atoms with Gasteiger partial charge in [0, 0.05) is 50.4 Å². The summed E-state index contributed by atoms with van der Waals surface area (Å²) in [6.45, 7) is 6.68. The summed E-state index contributed by atoms with van der Waals surface area (Å²) in [5, 5.41) is 6.88. The molecule has 0 spiro atoms. The maximum atomic E-state index is 11.4. The van der Waals surface area contributed by atoms with Crippen LogP contribution in [0.3, 0.4) is 0 Å². The number of aliphatic imine (C=N–C) groups is 1. The van der Waals surface area contributed by atoms with E-state index >= 15 is 0 Å². The lowest BCUT2D eigenvalue weighted by atomic mass is 9.96. The topological polar surface area (TPSA) is 95.6 Å². The van der Waals surface area contributed by atoms with Crippen molar-refractivity contribution < 1.29 is 4.79 Å². The fourth-order valence-electron chi connectivity index (χ4n) is 3.61. The lowest BCUT2D eigenvalue weighted by molar-refractivity contribution is -0.122. The third kappa shape index (κ3) is 8.36. The minimum atomic E-state index is -0.189. The van der Waals surface area contributed by atoms with Gasteiger partial charge >= 0.3 is 0 Å². The number of halogens is 1. The Labute approximate surface area is 192 Å². The van der Waals surface area contributed by atoms with Crippen molar-refractivity contribution in [1.82, 2.24) is 15.6 Å².